The molecule has 0 saturated carbocycles. The molecule has 1 heterocycles. The maximum absolute atomic E-state index is 12.1. The molecule has 3 aromatic rings. The second kappa shape index (κ2) is 5.00. The van der Waals surface area contributed by atoms with Gasteiger partial charge in [0.1, 0.15) is 6.04 Å². The number of rotatable bonds is 3. The van der Waals surface area contributed by atoms with Crippen molar-refractivity contribution in [2.24, 2.45) is 0 Å². The van der Waals surface area contributed by atoms with Crippen LogP contribution in [0.3, 0.4) is 0 Å². The molecule has 0 radical (unpaired) electrons. The Hall–Kier alpha value is -2.29. The van der Waals surface area contributed by atoms with E-state index in [1.54, 1.807) is 0 Å². The molecule has 1 unspecified atom stereocenters. The van der Waals surface area contributed by atoms with Crippen molar-refractivity contribution in [2.75, 3.05) is 6.61 Å². The predicted molar refractivity (Wildman–Crippen MR) is 80.8 cm³/mol. The minimum atomic E-state index is -0.334. The summed E-state index contributed by atoms with van der Waals surface area (Å²) in [6.45, 7) is 4.12. The Balaban J connectivity index is 2.29. The van der Waals surface area contributed by atoms with E-state index in [2.05, 4.69) is 16.7 Å². The number of para-hydroxylation sites is 2. The summed E-state index contributed by atoms with van der Waals surface area (Å²) in [6.07, 6.45) is 0. The van der Waals surface area contributed by atoms with Gasteiger partial charge in [-0.2, -0.15) is 0 Å². The lowest BCUT2D eigenvalue weighted by molar-refractivity contribution is -0.146. The lowest BCUT2D eigenvalue weighted by Gasteiger charge is -2.15. The van der Waals surface area contributed by atoms with Crippen molar-refractivity contribution in [2.45, 2.75) is 19.9 Å². The van der Waals surface area contributed by atoms with Gasteiger partial charge >= 0.3 is 5.97 Å². The summed E-state index contributed by atoms with van der Waals surface area (Å²) in [5, 5.41) is 2.33. The van der Waals surface area contributed by atoms with Crippen LogP contribution in [0.25, 0.3) is 21.8 Å². The van der Waals surface area contributed by atoms with Gasteiger partial charge in [-0.3, -0.25) is 0 Å². The highest BCUT2D eigenvalue weighted by Crippen LogP contribution is 2.31. The molecule has 20 heavy (non-hydrogen) atoms. The molecule has 0 bridgehead atoms. The number of hydrogen-bond donors (Lipinski definition) is 0. The van der Waals surface area contributed by atoms with Gasteiger partial charge < -0.3 is 9.30 Å². The van der Waals surface area contributed by atoms with Gasteiger partial charge in [-0.1, -0.05) is 36.4 Å². The molecule has 1 atom stereocenters. The monoisotopic (exact) mass is 267 g/mol. The minimum absolute atomic E-state index is 0.195. The van der Waals surface area contributed by atoms with E-state index in [0.29, 0.717) is 6.61 Å². The molecular weight excluding hydrogens is 250 g/mol. The average Bonchev–Trinajstić information content (AvgIpc) is 2.81. The molecule has 1 aromatic heterocycles. The molecule has 102 valence electrons. The van der Waals surface area contributed by atoms with E-state index >= 15 is 0 Å². The van der Waals surface area contributed by atoms with E-state index in [1.165, 1.54) is 10.8 Å². The topological polar surface area (TPSA) is 31.2 Å². The first-order valence-corrected chi connectivity index (χ1v) is 6.88. The van der Waals surface area contributed by atoms with E-state index in [0.717, 1.165) is 11.0 Å². The van der Waals surface area contributed by atoms with Gasteiger partial charge in [0.2, 0.25) is 0 Å². The highest BCUT2D eigenvalue weighted by Gasteiger charge is 2.20. The molecule has 0 aliphatic carbocycles. The van der Waals surface area contributed by atoms with Crippen LogP contribution in [-0.4, -0.2) is 17.1 Å². The molecule has 0 N–H and O–H groups in total. The highest BCUT2D eigenvalue weighted by molar-refractivity contribution is 6.08. The molecule has 0 spiro atoms. The van der Waals surface area contributed by atoms with Crippen LogP contribution in [0, 0.1) is 0 Å². The van der Waals surface area contributed by atoms with Gasteiger partial charge in [0.25, 0.3) is 0 Å². The van der Waals surface area contributed by atoms with E-state index in [4.69, 9.17) is 4.74 Å². The van der Waals surface area contributed by atoms with Gasteiger partial charge in [-0.05, 0) is 26.0 Å². The summed E-state index contributed by atoms with van der Waals surface area (Å²) >= 11 is 0. The fourth-order valence-corrected chi connectivity index (χ4v) is 2.74. The maximum Gasteiger partial charge on any atom is 0.328 e. The first-order chi connectivity index (χ1) is 9.74. The fourth-order valence-electron chi connectivity index (χ4n) is 2.74. The van der Waals surface area contributed by atoms with Crippen LogP contribution in [0.4, 0.5) is 0 Å². The third-order valence-corrected chi connectivity index (χ3v) is 3.63. The zero-order valence-electron chi connectivity index (χ0n) is 11.7. The average molecular weight is 267 g/mol. The van der Waals surface area contributed by atoms with Gasteiger partial charge in [0.05, 0.1) is 6.61 Å². The second-order valence-electron chi connectivity index (χ2n) is 4.83. The largest absolute Gasteiger partial charge is 0.464 e. The van der Waals surface area contributed by atoms with E-state index in [-0.39, 0.29) is 12.0 Å². The number of carbonyl (C=O) groups is 1. The van der Waals surface area contributed by atoms with Gasteiger partial charge in [-0.25, -0.2) is 4.79 Å². The summed E-state index contributed by atoms with van der Waals surface area (Å²) in [5.74, 6) is -0.195. The Kier molecular flexibility index (Phi) is 3.18. The summed E-state index contributed by atoms with van der Waals surface area (Å²) in [6, 6.07) is 16.0. The van der Waals surface area contributed by atoms with Crippen molar-refractivity contribution in [3.8, 4) is 0 Å². The van der Waals surface area contributed by atoms with Crippen LogP contribution >= 0.6 is 0 Å². The van der Waals surface area contributed by atoms with E-state index in [1.807, 2.05) is 50.2 Å². The van der Waals surface area contributed by atoms with Crippen LogP contribution in [-0.2, 0) is 9.53 Å². The summed E-state index contributed by atoms with van der Waals surface area (Å²) in [7, 11) is 0. The number of fused-ring (bicyclic) bond motifs is 3. The molecule has 0 aliphatic rings. The highest BCUT2D eigenvalue weighted by atomic mass is 16.5. The first kappa shape index (κ1) is 12.7. The number of aromatic nitrogens is 1. The molecule has 3 rings (SSSR count). The molecule has 3 nitrogen and oxygen atoms in total. The van der Waals surface area contributed by atoms with Crippen molar-refractivity contribution < 1.29 is 9.53 Å². The number of carbonyl (C=O) groups excluding carboxylic acids is 1. The second-order valence-corrected chi connectivity index (χ2v) is 4.83. The summed E-state index contributed by atoms with van der Waals surface area (Å²) in [4.78, 5) is 12.1. The standard InChI is InChI=1S/C17H17NO2/c1-3-20-17(19)12(2)18-15-10-6-4-8-13(15)14-9-5-7-11-16(14)18/h4-12H,3H2,1-2H3. The maximum atomic E-state index is 12.1. The van der Waals surface area contributed by atoms with Gasteiger partial charge in [0.15, 0.2) is 0 Å². The van der Waals surface area contributed by atoms with Crippen molar-refractivity contribution in [3.63, 3.8) is 0 Å². The van der Waals surface area contributed by atoms with Gasteiger partial charge in [-0.15, -0.1) is 0 Å². The third-order valence-electron chi connectivity index (χ3n) is 3.63. The van der Waals surface area contributed by atoms with Crippen LogP contribution < -0.4 is 0 Å². The smallest absolute Gasteiger partial charge is 0.328 e. The van der Waals surface area contributed by atoms with Crippen molar-refractivity contribution in [1.82, 2.24) is 4.57 Å². The number of benzene rings is 2. The molecule has 0 aliphatic heterocycles. The molecule has 3 heteroatoms. The Morgan fingerprint density at radius 2 is 1.55 bits per heavy atom. The summed E-state index contributed by atoms with van der Waals surface area (Å²) in [5.41, 5.74) is 2.13. The van der Waals surface area contributed by atoms with E-state index < -0.39 is 0 Å². The third kappa shape index (κ3) is 1.86. The summed E-state index contributed by atoms with van der Waals surface area (Å²) < 4.78 is 7.22. The lowest BCUT2D eigenvalue weighted by atomic mass is 10.2. The molecule has 0 fully saturated rings. The van der Waals surface area contributed by atoms with Crippen molar-refractivity contribution >= 4 is 27.8 Å². The molecule has 0 amide bonds. The zero-order valence-corrected chi connectivity index (χ0v) is 11.7. The lowest BCUT2D eigenvalue weighted by Crippen LogP contribution is -2.18. The normalized spacial score (nSPS) is 12.7. The fraction of sp³-hybridized carbons (Fsp3) is 0.235. The minimum Gasteiger partial charge on any atom is -0.464 e. The van der Waals surface area contributed by atoms with Crippen LogP contribution in [0.5, 0.6) is 0 Å². The number of esters is 1. The zero-order chi connectivity index (χ0) is 14.1. The Labute approximate surface area is 117 Å². The van der Waals surface area contributed by atoms with Crippen LogP contribution in [0.2, 0.25) is 0 Å². The van der Waals surface area contributed by atoms with Crippen molar-refractivity contribution in [1.29, 1.82) is 0 Å². The number of hydrogen-bond acceptors (Lipinski definition) is 2. The predicted octanol–water partition coefficient (Wildman–Crippen LogP) is 3.92. The number of nitrogens with zero attached hydrogens (tertiary/aromatic N) is 1. The Bertz CT molecular complexity index is 720. The van der Waals surface area contributed by atoms with Crippen molar-refractivity contribution in [3.05, 3.63) is 48.5 Å². The van der Waals surface area contributed by atoms with Crippen LogP contribution in [0.1, 0.15) is 19.9 Å². The SMILES string of the molecule is CCOC(=O)C(C)n1c2ccccc2c2ccccc21. The van der Waals surface area contributed by atoms with Gasteiger partial charge in [0, 0.05) is 21.8 Å². The first-order valence-electron chi connectivity index (χ1n) is 6.88. The molecule has 0 saturated heterocycles. The number of ether oxygens (including phenoxy) is 1. The van der Waals surface area contributed by atoms with E-state index in [9.17, 15) is 4.79 Å². The molecule has 2 aromatic carbocycles. The quantitative estimate of drug-likeness (QED) is 0.673. The van der Waals surface area contributed by atoms with Crippen LogP contribution in [0.15, 0.2) is 48.5 Å². The molecular formula is C17H17NO2. The Morgan fingerprint density at radius 3 is 2.05 bits per heavy atom. The Morgan fingerprint density at radius 1 is 1.05 bits per heavy atom.